The second kappa shape index (κ2) is 5.67. The molecule has 2 heteroatoms. The van der Waals surface area contributed by atoms with Crippen LogP contribution in [0.5, 0.6) is 0 Å². The Morgan fingerprint density at radius 3 is 2.76 bits per heavy atom. The number of hydrogen-bond acceptors (Lipinski definition) is 2. The molecule has 1 aliphatic carbocycles. The van der Waals surface area contributed by atoms with Gasteiger partial charge in [0.25, 0.3) is 0 Å². The number of ether oxygens (including phenoxy) is 1. The first-order valence-electron chi connectivity index (χ1n) is 6.18. The van der Waals surface area contributed by atoms with Gasteiger partial charge in [-0.2, -0.15) is 0 Å². The molecular formula is C15H18O2. The molecule has 0 N–H and O–H groups in total. The van der Waals surface area contributed by atoms with Crippen LogP contribution in [-0.2, 0) is 9.53 Å². The van der Waals surface area contributed by atoms with Gasteiger partial charge in [-0.25, -0.2) is 0 Å². The molecule has 2 nitrogen and oxygen atoms in total. The average molecular weight is 230 g/mol. The zero-order chi connectivity index (χ0) is 12.1. The Labute approximate surface area is 102 Å². The van der Waals surface area contributed by atoms with Crippen LogP contribution < -0.4 is 0 Å². The van der Waals surface area contributed by atoms with Gasteiger partial charge >= 0.3 is 5.97 Å². The molecule has 90 valence electrons. The van der Waals surface area contributed by atoms with Crippen LogP contribution in [0, 0.1) is 0 Å². The summed E-state index contributed by atoms with van der Waals surface area (Å²) in [7, 11) is 0. The maximum absolute atomic E-state index is 11.1. The van der Waals surface area contributed by atoms with Crippen molar-refractivity contribution in [3.8, 4) is 0 Å². The van der Waals surface area contributed by atoms with Crippen molar-refractivity contribution in [2.24, 2.45) is 0 Å². The second-order valence-electron chi connectivity index (χ2n) is 4.47. The van der Waals surface area contributed by atoms with Gasteiger partial charge < -0.3 is 4.74 Å². The lowest BCUT2D eigenvalue weighted by Gasteiger charge is -2.25. The lowest BCUT2D eigenvalue weighted by atomic mass is 9.90. The van der Waals surface area contributed by atoms with Gasteiger partial charge in [-0.05, 0) is 36.8 Å². The maximum atomic E-state index is 11.1. The van der Waals surface area contributed by atoms with Gasteiger partial charge in [-0.15, -0.1) is 0 Å². The third-order valence-corrected chi connectivity index (χ3v) is 3.06. The highest BCUT2D eigenvalue weighted by Gasteiger charge is 2.21. The first kappa shape index (κ1) is 11.9. The summed E-state index contributed by atoms with van der Waals surface area (Å²) in [5.41, 5.74) is 2.43. The minimum absolute atomic E-state index is 0.0125. The summed E-state index contributed by atoms with van der Waals surface area (Å²) < 4.78 is 5.37. The molecule has 0 aromatic heterocycles. The number of hydrogen-bond donors (Lipinski definition) is 0. The molecule has 0 radical (unpaired) electrons. The normalized spacial score (nSPS) is 22.4. The Balaban J connectivity index is 2.16. The van der Waals surface area contributed by atoms with E-state index in [4.69, 9.17) is 4.74 Å². The zero-order valence-corrected chi connectivity index (χ0v) is 10.2. The topological polar surface area (TPSA) is 26.3 Å². The van der Waals surface area contributed by atoms with Gasteiger partial charge in [0.2, 0.25) is 0 Å². The zero-order valence-electron chi connectivity index (χ0n) is 10.2. The summed E-state index contributed by atoms with van der Waals surface area (Å²) in [4.78, 5) is 11.1. The van der Waals surface area contributed by atoms with Gasteiger partial charge in [0.15, 0.2) is 0 Å². The highest BCUT2D eigenvalue weighted by Crippen LogP contribution is 2.28. The Kier molecular flexibility index (Phi) is 3.97. The predicted molar refractivity (Wildman–Crippen MR) is 68.4 cm³/mol. The molecule has 0 spiro atoms. The lowest BCUT2D eigenvalue weighted by Crippen LogP contribution is -2.22. The largest absolute Gasteiger partial charge is 0.458 e. The van der Waals surface area contributed by atoms with Crippen molar-refractivity contribution in [1.29, 1.82) is 0 Å². The van der Waals surface area contributed by atoms with Crippen molar-refractivity contribution in [2.45, 2.75) is 38.7 Å². The van der Waals surface area contributed by atoms with E-state index >= 15 is 0 Å². The first-order chi connectivity index (χ1) is 8.25. The van der Waals surface area contributed by atoms with Crippen LogP contribution >= 0.6 is 0 Å². The summed E-state index contributed by atoms with van der Waals surface area (Å²) in [5, 5.41) is 0. The highest BCUT2D eigenvalue weighted by atomic mass is 16.5. The fraction of sp³-hybridized carbons (Fsp3) is 0.400. The average Bonchev–Trinajstić information content (AvgIpc) is 2.32. The van der Waals surface area contributed by atoms with Crippen LogP contribution in [0.1, 0.15) is 38.2 Å². The summed E-state index contributed by atoms with van der Waals surface area (Å²) in [6, 6.07) is 10.2. The van der Waals surface area contributed by atoms with Crippen molar-refractivity contribution in [1.82, 2.24) is 0 Å². The predicted octanol–water partition coefficient (Wildman–Crippen LogP) is 3.58. The highest BCUT2D eigenvalue weighted by molar-refractivity contribution is 5.67. The molecule has 2 rings (SSSR count). The number of esters is 1. The summed E-state index contributed by atoms with van der Waals surface area (Å²) in [5.74, 6) is -0.184. The SMILES string of the molecule is CC(=O)O[C@@H]1CCCC/C1=C\c1ccccc1. The van der Waals surface area contributed by atoms with E-state index < -0.39 is 0 Å². The molecule has 0 unspecified atom stereocenters. The van der Waals surface area contributed by atoms with E-state index in [2.05, 4.69) is 18.2 Å². The standard InChI is InChI=1S/C15H18O2/c1-12(16)17-15-10-6-5-9-14(15)11-13-7-3-2-4-8-13/h2-4,7-8,11,15H,5-6,9-10H2,1H3/b14-11+/t15-/m1/s1. The third kappa shape index (κ3) is 3.45. The molecular weight excluding hydrogens is 212 g/mol. The molecule has 0 aliphatic heterocycles. The van der Waals surface area contributed by atoms with E-state index in [-0.39, 0.29) is 12.1 Å². The van der Waals surface area contributed by atoms with E-state index in [0.717, 1.165) is 19.3 Å². The van der Waals surface area contributed by atoms with Crippen LogP contribution in [0.25, 0.3) is 6.08 Å². The van der Waals surface area contributed by atoms with E-state index in [0.29, 0.717) is 0 Å². The van der Waals surface area contributed by atoms with Gasteiger partial charge in [0, 0.05) is 6.92 Å². The Morgan fingerprint density at radius 2 is 2.06 bits per heavy atom. The lowest BCUT2D eigenvalue weighted by molar-refractivity contribution is -0.145. The molecule has 0 saturated heterocycles. The minimum Gasteiger partial charge on any atom is -0.458 e. The molecule has 17 heavy (non-hydrogen) atoms. The van der Waals surface area contributed by atoms with Crippen LogP contribution in [-0.4, -0.2) is 12.1 Å². The Morgan fingerprint density at radius 1 is 1.29 bits per heavy atom. The Bertz CT molecular complexity index is 406. The van der Waals surface area contributed by atoms with Crippen LogP contribution in [0.3, 0.4) is 0 Å². The van der Waals surface area contributed by atoms with Crippen LogP contribution in [0.4, 0.5) is 0 Å². The second-order valence-corrected chi connectivity index (χ2v) is 4.47. The van der Waals surface area contributed by atoms with Gasteiger partial charge in [-0.1, -0.05) is 36.4 Å². The fourth-order valence-electron chi connectivity index (χ4n) is 2.27. The molecule has 1 fully saturated rings. The Hall–Kier alpha value is -1.57. The number of benzene rings is 1. The van der Waals surface area contributed by atoms with Gasteiger partial charge in [0.1, 0.15) is 6.10 Å². The quantitative estimate of drug-likeness (QED) is 0.726. The van der Waals surface area contributed by atoms with Gasteiger partial charge in [0.05, 0.1) is 0 Å². The number of carbonyl (C=O) groups is 1. The van der Waals surface area contributed by atoms with Gasteiger partial charge in [-0.3, -0.25) is 4.79 Å². The van der Waals surface area contributed by atoms with Crippen molar-refractivity contribution in [3.05, 3.63) is 41.5 Å². The van der Waals surface area contributed by atoms with E-state index in [1.54, 1.807) is 0 Å². The molecule has 0 amide bonds. The van der Waals surface area contributed by atoms with Crippen molar-refractivity contribution in [2.75, 3.05) is 0 Å². The van der Waals surface area contributed by atoms with E-state index in [9.17, 15) is 4.79 Å². The molecule has 1 atom stereocenters. The first-order valence-corrected chi connectivity index (χ1v) is 6.18. The van der Waals surface area contributed by atoms with E-state index in [1.807, 2.05) is 18.2 Å². The third-order valence-electron chi connectivity index (χ3n) is 3.06. The summed E-state index contributed by atoms with van der Waals surface area (Å²) >= 11 is 0. The summed E-state index contributed by atoms with van der Waals surface area (Å²) in [6.45, 7) is 1.48. The van der Waals surface area contributed by atoms with Crippen molar-refractivity contribution < 1.29 is 9.53 Å². The molecule has 0 heterocycles. The maximum Gasteiger partial charge on any atom is 0.303 e. The monoisotopic (exact) mass is 230 g/mol. The number of carbonyl (C=O) groups excluding carboxylic acids is 1. The molecule has 1 aliphatic rings. The van der Waals surface area contributed by atoms with Crippen LogP contribution in [0.2, 0.25) is 0 Å². The molecule has 1 aromatic carbocycles. The minimum atomic E-state index is -0.184. The fourth-order valence-corrected chi connectivity index (χ4v) is 2.27. The van der Waals surface area contributed by atoms with E-state index in [1.165, 1.54) is 24.5 Å². The summed E-state index contributed by atoms with van der Waals surface area (Å²) in [6.07, 6.45) is 6.47. The molecule has 0 bridgehead atoms. The molecule has 1 saturated carbocycles. The smallest absolute Gasteiger partial charge is 0.303 e. The number of rotatable bonds is 2. The van der Waals surface area contributed by atoms with Crippen molar-refractivity contribution >= 4 is 12.0 Å². The van der Waals surface area contributed by atoms with Crippen molar-refractivity contribution in [3.63, 3.8) is 0 Å². The molecule has 1 aromatic rings. The van der Waals surface area contributed by atoms with Crippen LogP contribution in [0.15, 0.2) is 35.9 Å².